The Morgan fingerprint density at radius 3 is 2.22 bits per heavy atom. The Kier molecular flexibility index (Phi) is 8.52. The minimum atomic E-state index is -0.271. The molecule has 7 nitrogen and oxygen atoms in total. The van der Waals surface area contributed by atoms with Gasteiger partial charge in [-0.3, -0.25) is 4.79 Å². The molecule has 37 heavy (non-hydrogen) atoms. The average molecular weight is 511 g/mol. The van der Waals surface area contributed by atoms with Crippen LogP contribution in [0.3, 0.4) is 0 Å². The van der Waals surface area contributed by atoms with E-state index in [1.54, 1.807) is 0 Å². The predicted octanol–water partition coefficient (Wildman–Crippen LogP) is 5.23. The minimum Gasteiger partial charge on any atom is -0.491 e. The molecule has 2 saturated heterocycles. The van der Waals surface area contributed by atoms with Gasteiger partial charge in [-0.2, -0.15) is 0 Å². The zero-order valence-corrected chi connectivity index (χ0v) is 21.9. The molecule has 2 aromatic rings. The lowest BCUT2D eigenvalue weighted by atomic mass is 9.83. The fourth-order valence-electron chi connectivity index (χ4n) is 4.84. The van der Waals surface area contributed by atoms with Crippen molar-refractivity contribution in [1.82, 2.24) is 0 Å². The summed E-state index contributed by atoms with van der Waals surface area (Å²) in [6, 6.07) is 14.2. The molecule has 2 aromatic carbocycles. The van der Waals surface area contributed by atoms with E-state index < -0.39 is 0 Å². The third kappa shape index (κ3) is 7.86. The van der Waals surface area contributed by atoms with Gasteiger partial charge in [-0.05, 0) is 86.4 Å². The van der Waals surface area contributed by atoms with Crippen LogP contribution < -0.4 is 14.2 Å². The summed E-state index contributed by atoms with van der Waals surface area (Å²) in [5.74, 6) is 2.79. The number of ether oxygens (including phenoxy) is 6. The van der Waals surface area contributed by atoms with E-state index in [4.69, 9.17) is 28.4 Å². The van der Waals surface area contributed by atoms with Crippen LogP contribution in [0.4, 0.5) is 0 Å². The molecule has 1 aliphatic carbocycles. The van der Waals surface area contributed by atoms with Gasteiger partial charge in [0.15, 0.2) is 0 Å². The van der Waals surface area contributed by atoms with E-state index >= 15 is 0 Å². The molecular weight excluding hydrogens is 472 g/mol. The number of epoxide rings is 2. The number of benzene rings is 2. The molecule has 2 aliphatic heterocycles. The number of hydrogen-bond acceptors (Lipinski definition) is 7. The van der Waals surface area contributed by atoms with Gasteiger partial charge in [0, 0.05) is 0 Å². The van der Waals surface area contributed by atoms with E-state index in [2.05, 4.69) is 19.1 Å². The monoisotopic (exact) mass is 510 g/mol. The first kappa shape index (κ1) is 25.9. The summed E-state index contributed by atoms with van der Waals surface area (Å²) in [5.41, 5.74) is 2.41. The molecule has 0 N–H and O–H groups in total. The Bertz CT molecular complexity index is 1020. The smallest absolute Gasteiger partial charge is 0.309 e. The van der Waals surface area contributed by atoms with Gasteiger partial charge in [-0.1, -0.05) is 19.1 Å². The van der Waals surface area contributed by atoms with Crippen molar-refractivity contribution in [1.29, 1.82) is 0 Å². The van der Waals surface area contributed by atoms with E-state index in [1.807, 2.05) is 37.3 Å². The fraction of sp³-hybridized carbons (Fsp3) is 0.567. The molecule has 200 valence electrons. The second-order valence-electron chi connectivity index (χ2n) is 10.3. The maximum Gasteiger partial charge on any atom is 0.309 e. The van der Waals surface area contributed by atoms with Crippen molar-refractivity contribution < 1.29 is 33.2 Å². The Morgan fingerprint density at radius 2 is 1.57 bits per heavy atom. The third-order valence-corrected chi connectivity index (χ3v) is 7.19. The molecule has 3 unspecified atom stereocenters. The Morgan fingerprint density at radius 1 is 0.919 bits per heavy atom. The maximum absolute atomic E-state index is 12.6. The van der Waals surface area contributed by atoms with Crippen LogP contribution in [0.15, 0.2) is 42.5 Å². The lowest BCUT2D eigenvalue weighted by molar-refractivity contribution is -0.152. The number of carbonyl (C=O) groups excluding carboxylic acids is 1. The summed E-state index contributed by atoms with van der Waals surface area (Å²) in [6.07, 6.45) is 5.07. The van der Waals surface area contributed by atoms with E-state index in [1.165, 1.54) is 5.56 Å². The van der Waals surface area contributed by atoms with Gasteiger partial charge in [0.1, 0.15) is 54.9 Å². The molecule has 0 aromatic heterocycles. The molecule has 1 saturated carbocycles. The van der Waals surface area contributed by atoms with Crippen molar-refractivity contribution in [3.8, 4) is 17.2 Å². The van der Waals surface area contributed by atoms with Crippen LogP contribution in [0, 0.1) is 0 Å². The highest BCUT2D eigenvalue weighted by Gasteiger charge is 2.27. The highest BCUT2D eigenvalue weighted by molar-refractivity contribution is 5.70. The lowest BCUT2D eigenvalue weighted by Gasteiger charge is -2.29. The maximum atomic E-state index is 12.6. The van der Waals surface area contributed by atoms with Crippen LogP contribution in [0.1, 0.15) is 63.0 Å². The number of esters is 1. The Balaban J connectivity index is 1.02. The summed E-state index contributed by atoms with van der Waals surface area (Å²) in [6.45, 7) is 6.77. The average Bonchev–Trinajstić information content (AvgIpc) is 3.83. The highest BCUT2D eigenvalue weighted by atomic mass is 16.6. The van der Waals surface area contributed by atoms with Crippen LogP contribution in [0.2, 0.25) is 0 Å². The van der Waals surface area contributed by atoms with Crippen molar-refractivity contribution in [3.05, 3.63) is 53.6 Å². The van der Waals surface area contributed by atoms with Crippen molar-refractivity contribution in [2.24, 2.45) is 0 Å². The van der Waals surface area contributed by atoms with Gasteiger partial charge in [0.2, 0.25) is 0 Å². The second kappa shape index (κ2) is 12.2. The molecule has 0 spiro atoms. The minimum absolute atomic E-state index is 0.0179. The van der Waals surface area contributed by atoms with E-state index in [9.17, 15) is 4.79 Å². The Labute approximate surface area is 219 Å². The normalized spacial score (nSPS) is 25.1. The molecule has 0 bridgehead atoms. The SMILES string of the molecule is CCc1cc(OC(C)CC(=O)OC2CCC(c3ccc(OCC4CO4)cc3)CC2)ccc1OCC1CO1. The van der Waals surface area contributed by atoms with Crippen LogP contribution in [-0.4, -0.2) is 56.8 Å². The predicted molar refractivity (Wildman–Crippen MR) is 139 cm³/mol. The van der Waals surface area contributed by atoms with Crippen molar-refractivity contribution in [2.75, 3.05) is 26.4 Å². The number of hydrogen-bond donors (Lipinski definition) is 0. The molecule has 3 aliphatic rings. The topological polar surface area (TPSA) is 79.1 Å². The van der Waals surface area contributed by atoms with Crippen molar-refractivity contribution in [3.63, 3.8) is 0 Å². The van der Waals surface area contributed by atoms with Gasteiger partial charge in [0.25, 0.3) is 0 Å². The standard InChI is InChI=1S/C30H38O7/c1-3-21-15-26(12-13-29(21)35-19-28-18-34-28)36-20(2)14-30(31)37-25-10-6-23(7-11-25)22-4-8-24(9-5-22)32-16-27-17-33-27/h4-5,8-9,12-13,15,20,23,25,27-28H,3,6-7,10-11,14,16-19H2,1-2H3. The lowest BCUT2D eigenvalue weighted by Crippen LogP contribution is -2.26. The molecule has 5 rings (SSSR count). The zero-order valence-electron chi connectivity index (χ0n) is 21.9. The molecule has 3 fully saturated rings. The highest BCUT2D eigenvalue weighted by Crippen LogP contribution is 2.35. The zero-order chi connectivity index (χ0) is 25.6. The van der Waals surface area contributed by atoms with Crippen LogP contribution in [-0.2, 0) is 25.4 Å². The summed E-state index contributed by atoms with van der Waals surface area (Å²) in [4.78, 5) is 12.6. The quantitative estimate of drug-likeness (QED) is 0.270. The number of rotatable bonds is 13. The molecule has 2 heterocycles. The molecule has 0 radical (unpaired) electrons. The summed E-state index contributed by atoms with van der Waals surface area (Å²) < 4.78 is 33.8. The number of carbonyl (C=O) groups is 1. The first-order chi connectivity index (χ1) is 18.1. The second-order valence-corrected chi connectivity index (χ2v) is 10.3. The Hall–Kier alpha value is -2.77. The van der Waals surface area contributed by atoms with Gasteiger partial charge in [-0.15, -0.1) is 0 Å². The van der Waals surface area contributed by atoms with E-state index in [-0.39, 0.29) is 36.8 Å². The molecular formula is C30H38O7. The first-order valence-corrected chi connectivity index (χ1v) is 13.6. The summed E-state index contributed by atoms with van der Waals surface area (Å²) in [5, 5.41) is 0. The van der Waals surface area contributed by atoms with Crippen LogP contribution >= 0.6 is 0 Å². The molecule has 0 amide bonds. The van der Waals surface area contributed by atoms with Crippen LogP contribution in [0.5, 0.6) is 17.2 Å². The van der Waals surface area contributed by atoms with E-state index in [0.29, 0.717) is 19.1 Å². The van der Waals surface area contributed by atoms with Gasteiger partial charge in [-0.25, -0.2) is 0 Å². The van der Waals surface area contributed by atoms with Crippen molar-refractivity contribution in [2.45, 2.75) is 82.7 Å². The number of aryl methyl sites for hydroxylation is 1. The molecule has 3 atom stereocenters. The third-order valence-electron chi connectivity index (χ3n) is 7.19. The largest absolute Gasteiger partial charge is 0.491 e. The molecule has 7 heteroatoms. The van der Waals surface area contributed by atoms with Gasteiger partial charge >= 0.3 is 5.97 Å². The van der Waals surface area contributed by atoms with Gasteiger partial charge in [0.05, 0.1) is 19.6 Å². The summed E-state index contributed by atoms with van der Waals surface area (Å²) >= 11 is 0. The van der Waals surface area contributed by atoms with Gasteiger partial charge < -0.3 is 28.4 Å². The summed E-state index contributed by atoms with van der Waals surface area (Å²) in [7, 11) is 0. The fourth-order valence-corrected chi connectivity index (χ4v) is 4.84. The van der Waals surface area contributed by atoms with Crippen molar-refractivity contribution >= 4 is 5.97 Å². The van der Waals surface area contributed by atoms with E-state index in [0.717, 1.165) is 68.1 Å². The van der Waals surface area contributed by atoms with Crippen LogP contribution in [0.25, 0.3) is 0 Å². The first-order valence-electron chi connectivity index (χ1n) is 13.6.